The van der Waals surface area contributed by atoms with Gasteiger partial charge in [-0.3, -0.25) is 9.59 Å². The Morgan fingerprint density at radius 2 is 1.65 bits per heavy atom. The van der Waals surface area contributed by atoms with Crippen molar-refractivity contribution < 1.29 is 24.2 Å². The molecular weight excluding hydrogens is 224 g/mol. The minimum atomic E-state index is -0.504. The summed E-state index contributed by atoms with van der Waals surface area (Å²) in [6.45, 7) is 1.22. The topological polar surface area (TPSA) is 72.8 Å². The average Bonchev–Trinajstić information content (AvgIpc) is 2.30. The number of carbonyl (C=O) groups excluding carboxylic acids is 2. The van der Waals surface area contributed by atoms with E-state index in [1.54, 1.807) is 0 Å². The first-order chi connectivity index (χ1) is 7.99. The van der Waals surface area contributed by atoms with Crippen LogP contribution in [0.3, 0.4) is 0 Å². The summed E-state index contributed by atoms with van der Waals surface area (Å²) in [4.78, 5) is 22.2. The fourth-order valence-corrected chi connectivity index (χ4v) is 1.36. The van der Waals surface area contributed by atoms with E-state index in [4.69, 9.17) is 9.47 Å². The van der Waals surface area contributed by atoms with Gasteiger partial charge in [-0.2, -0.15) is 0 Å². The molecule has 1 aromatic rings. The van der Waals surface area contributed by atoms with Crippen LogP contribution >= 0.6 is 0 Å². The number of aromatic hydroxyl groups is 1. The van der Waals surface area contributed by atoms with Crippen LogP contribution in [0.15, 0.2) is 12.1 Å². The van der Waals surface area contributed by atoms with Crippen LogP contribution in [0.5, 0.6) is 17.2 Å². The average molecular weight is 238 g/mol. The standard InChI is InChI=1S/C12H14O5/c1-7(13)9(14)4-8-5-10(16-2)12(15)11(6-8)17-3/h5-6,15H,4H2,1-3H3. The third-order valence-corrected chi connectivity index (χ3v) is 2.30. The van der Waals surface area contributed by atoms with Crippen LogP contribution < -0.4 is 9.47 Å². The molecule has 0 spiro atoms. The highest BCUT2D eigenvalue weighted by Crippen LogP contribution is 2.37. The zero-order chi connectivity index (χ0) is 13.0. The molecule has 0 aromatic heterocycles. The minimum Gasteiger partial charge on any atom is -0.502 e. The number of Topliss-reactive ketones (excluding diaryl/α,β-unsaturated/α-hetero) is 2. The van der Waals surface area contributed by atoms with Crippen molar-refractivity contribution in [3.63, 3.8) is 0 Å². The second-order valence-corrected chi connectivity index (χ2v) is 3.51. The summed E-state index contributed by atoms with van der Waals surface area (Å²) in [5.41, 5.74) is 0.553. The van der Waals surface area contributed by atoms with Gasteiger partial charge >= 0.3 is 0 Å². The molecule has 0 amide bonds. The van der Waals surface area contributed by atoms with Crippen molar-refractivity contribution in [3.8, 4) is 17.2 Å². The second kappa shape index (κ2) is 5.34. The van der Waals surface area contributed by atoms with Crippen LogP contribution in [0, 0.1) is 0 Å². The Balaban J connectivity index is 3.09. The summed E-state index contributed by atoms with van der Waals surface area (Å²) >= 11 is 0. The van der Waals surface area contributed by atoms with Gasteiger partial charge in [0.15, 0.2) is 17.3 Å². The van der Waals surface area contributed by atoms with E-state index < -0.39 is 11.6 Å². The smallest absolute Gasteiger partial charge is 0.202 e. The Hall–Kier alpha value is -2.04. The molecule has 0 atom stereocenters. The monoisotopic (exact) mass is 238 g/mol. The molecule has 1 rings (SSSR count). The molecule has 0 radical (unpaired) electrons. The lowest BCUT2D eigenvalue weighted by molar-refractivity contribution is -0.134. The molecule has 0 aliphatic carbocycles. The normalized spacial score (nSPS) is 9.82. The fourth-order valence-electron chi connectivity index (χ4n) is 1.36. The molecule has 5 heteroatoms. The number of hydrogen-bond donors (Lipinski definition) is 1. The molecular formula is C12H14O5. The van der Waals surface area contributed by atoms with Crippen LogP contribution in [-0.4, -0.2) is 30.9 Å². The second-order valence-electron chi connectivity index (χ2n) is 3.51. The third-order valence-electron chi connectivity index (χ3n) is 2.30. The first kappa shape index (κ1) is 13.0. The maximum atomic E-state index is 11.3. The number of phenols is 1. The summed E-state index contributed by atoms with van der Waals surface area (Å²) < 4.78 is 9.89. The van der Waals surface area contributed by atoms with Gasteiger partial charge in [-0.1, -0.05) is 0 Å². The van der Waals surface area contributed by atoms with Crippen molar-refractivity contribution in [1.82, 2.24) is 0 Å². The van der Waals surface area contributed by atoms with Crippen LogP contribution in [0.2, 0.25) is 0 Å². The fraction of sp³-hybridized carbons (Fsp3) is 0.333. The predicted octanol–water partition coefficient (Wildman–Crippen LogP) is 1.11. The summed E-state index contributed by atoms with van der Waals surface area (Å²) in [5.74, 6) is -0.726. The van der Waals surface area contributed by atoms with Gasteiger partial charge in [0.1, 0.15) is 0 Å². The summed E-state index contributed by atoms with van der Waals surface area (Å²) in [7, 11) is 2.79. The zero-order valence-corrected chi connectivity index (χ0v) is 9.94. The number of hydrogen-bond acceptors (Lipinski definition) is 5. The molecule has 1 aromatic carbocycles. The molecule has 0 aliphatic heterocycles. The molecule has 0 unspecified atom stereocenters. The van der Waals surface area contributed by atoms with E-state index in [1.165, 1.54) is 33.3 Å². The lowest BCUT2D eigenvalue weighted by atomic mass is 10.1. The largest absolute Gasteiger partial charge is 0.502 e. The zero-order valence-electron chi connectivity index (χ0n) is 9.94. The van der Waals surface area contributed by atoms with Crippen molar-refractivity contribution in [2.75, 3.05) is 14.2 Å². The molecule has 0 aliphatic rings. The van der Waals surface area contributed by atoms with Gasteiger partial charge in [-0.05, 0) is 17.7 Å². The van der Waals surface area contributed by atoms with Crippen LogP contribution in [-0.2, 0) is 16.0 Å². The quantitative estimate of drug-likeness (QED) is 0.778. The molecule has 17 heavy (non-hydrogen) atoms. The van der Waals surface area contributed by atoms with Crippen molar-refractivity contribution in [2.24, 2.45) is 0 Å². The Kier molecular flexibility index (Phi) is 4.09. The van der Waals surface area contributed by atoms with Crippen molar-refractivity contribution in [3.05, 3.63) is 17.7 Å². The maximum absolute atomic E-state index is 11.3. The first-order valence-electron chi connectivity index (χ1n) is 4.97. The SMILES string of the molecule is COc1cc(CC(=O)C(C)=O)cc(OC)c1O. The van der Waals surface area contributed by atoms with Gasteiger partial charge in [0.2, 0.25) is 11.5 Å². The van der Waals surface area contributed by atoms with E-state index in [0.717, 1.165) is 0 Å². The summed E-state index contributed by atoms with van der Waals surface area (Å²) in [5, 5.41) is 9.65. The highest BCUT2D eigenvalue weighted by molar-refractivity contribution is 6.36. The van der Waals surface area contributed by atoms with Gasteiger partial charge < -0.3 is 14.6 Å². The van der Waals surface area contributed by atoms with Gasteiger partial charge in [0, 0.05) is 13.3 Å². The molecule has 0 saturated carbocycles. The van der Waals surface area contributed by atoms with E-state index in [1.807, 2.05) is 0 Å². The molecule has 0 bridgehead atoms. The number of phenolic OH excluding ortho intramolecular Hbond substituents is 1. The molecule has 1 N–H and O–H groups in total. The summed E-state index contributed by atoms with van der Waals surface area (Å²) in [6.07, 6.45) is -0.0394. The van der Waals surface area contributed by atoms with Gasteiger partial charge in [-0.15, -0.1) is 0 Å². The number of ketones is 2. The predicted molar refractivity (Wildman–Crippen MR) is 60.6 cm³/mol. The van der Waals surface area contributed by atoms with Crippen LogP contribution in [0.25, 0.3) is 0 Å². The Bertz CT molecular complexity index is 425. The van der Waals surface area contributed by atoms with Crippen LogP contribution in [0.4, 0.5) is 0 Å². The first-order valence-corrected chi connectivity index (χ1v) is 4.97. The Morgan fingerprint density at radius 1 is 1.18 bits per heavy atom. The molecule has 5 nitrogen and oxygen atoms in total. The van der Waals surface area contributed by atoms with Crippen molar-refractivity contribution in [1.29, 1.82) is 0 Å². The molecule has 0 saturated heterocycles. The van der Waals surface area contributed by atoms with Crippen molar-refractivity contribution >= 4 is 11.6 Å². The Labute approximate surface area is 99.0 Å². The number of benzene rings is 1. The third kappa shape index (κ3) is 2.96. The highest BCUT2D eigenvalue weighted by atomic mass is 16.5. The number of carbonyl (C=O) groups is 2. The van der Waals surface area contributed by atoms with Gasteiger partial charge in [0.25, 0.3) is 0 Å². The molecule has 0 heterocycles. The van der Waals surface area contributed by atoms with E-state index in [-0.39, 0.29) is 23.7 Å². The van der Waals surface area contributed by atoms with Crippen LogP contribution in [0.1, 0.15) is 12.5 Å². The molecule has 92 valence electrons. The van der Waals surface area contributed by atoms with Crippen molar-refractivity contribution in [2.45, 2.75) is 13.3 Å². The lowest BCUT2D eigenvalue weighted by Gasteiger charge is -2.10. The van der Waals surface area contributed by atoms with Gasteiger partial charge in [-0.25, -0.2) is 0 Å². The summed E-state index contributed by atoms with van der Waals surface area (Å²) in [6, 6.07) is 3.00. The Morgan fingerprint density at radius 3 is 2.00 bits per heavy atom. The van der Waals surface area contributed by atoms with E-state index in [9.17, 15) is 14.7 Å². The minimum absolute atomic E-state index is 0.0394. The molecule has 0 fully saturated rings. The number of methoxy groups -OCH3 is 2. The van der Waals surface area contributed by atoms with E-state index >= 15 is 0 Å². The number of rotatable bonds is 5. The van der Waals surface area contributed by atoms with E-state index in [2.05, 4.69) is 0 Å². The van der Waals surface area contributed by atoms with Gasteiger partial charge in [0.05, 0.1) is 14.2 Å². The van der Waals surface area contributed by atoms with E-state index in [0.29, 0.717) is 5.56 Å². The highest BCUT2D eigenvalue weighted by Gasteiger charge is 2.15. The lowest BCUT2D eigenvalue weighted by Crippen LogP contribution is -2.12. The maximum Gasteiger partial charge on any atom is 0.202 e. The number of ether oxygens (including phenoxy) is 2.